The van der Waals surface area contributed by atoms with Crippen molar-refractivity contribution < 1.29 is 17.9 Å². The number of carbonyl (C=O) groups is 1. The molecule has 2 aromatic carbocycles. The highest BCUT2D eigenvalue weighted by Gasteiger charge is 2.22. The topological polar surface area (TPSA) is 84.5 Å². The molecular weight excluding hydrogens is 352 g/mol. The number of benzene rings is 2. The molecule has 0 unspecified atom stereocenters. The number of carbonyl (C=O) groups excluding carboxylic acids is 1. The first-order valence-electron chi connectivity index (χ1n) is 8.31. The van der Waals surface area contributed by atoms with Crippen molar-refractivity contribution in [1.29, 1.82) is 0 Å². The van der Waals surface area contributed by atoms with Gasteiger partial charge in [0.25, 0.3) is 0 Å². The van der Waals surface area contributed by atoms with Gasteiger partial charge in [0.05, 0.1) is 17.7 Å². The summed E-state index contributed by atoms with van der Waals surface area (Å²) in [6.45, 7) is 5.28. The molecule has 140 valence electrons. The van der Waals surface area contributed by atoms with Crippen LogP contribution in [0.3, 0.4) is 0 Å². The first kappa shape index (κ1) is 19.9. The van der Waals surface area contributed by atoms with Gasteiger partial charge < -0.3 is 10.1 Å². The van der Waals surface area contributed by atoms with Gasteiger partial charge in [-0.1, -0.05) is 36.8 Å². The molecule has 0 fully saturated rings. The lowest BCUT2D eigenvalue weighted by atomic mass is 10.0. The first-order valence-corrected chi connectivity index (χ1v) is 9.79. The minimum absolute atomic E-state index is 0.0778. The quantitative estimate of drug-likeness (QED) is 0.776. The Bertz CT molecular complexity index is 877. The molecule has 1 amide bonds. The average Bonchev–Trinajstić information content (AvgIpc) is 2.60. The number of hydrogen-bond acceptors (Lipinski definition) is 4. The van der Waals surface area contributed by atoms with E-state index in [4.69, 9.17) is 4.74 Å². The van der Waals surface area contributed by atoms with Crippen LogP contribution in [0.1, 0.15) is 37.4 Å². The number of nitrogens with one attached hydrogen (secondary N) is 2. The van der Waals surface area contributed by atoms with Crippen LogP contribution >= 0.6 is 0 Å². The zero-order chi connectivity index (χ0) is 19.3. The fourth-order valence-electron chi connectivity index (χ4n) is 2.57. The van der Waals surface area contributed by atoms with Gasteiger partial charge in [-0.25, -0.2) is 13.1 Å². The van der Waals surface area contributed by atoms with Gasteiger partial charge in [0.2, 0.25) is 15.9 Å². The van der Waals surface area contributed by atoms with Gasteiger partial charge in [0.1, 0.15) is 5.75 Å². The summed E-state index contributed by atoms with van der Waals surface area (Å²) in [4.78, 5) is 11.3. The maximum Gasteiger partial charge on any atom is 0.241 e. The summed E-state index contributed by atoms with van der Waals surface area (Å²) in [6, 6.07) is 11.8. The molecule has 26 heavy (non-hydrogen) atoms. The summed E-state index contributed by atoms with van der Waals surface area (Å²) < 4.78 is 33.5. The van der Waals surface area contributed by atoms with E-state index in [-0.39, 0.29) is 22.6 Å². The minimum Gasteiger partial charge on any atom is -0.495 e. The second-order valence-corrected chi connectivity index (χ2v) is 7.75. The van der Waals surface area contributed by atoms with E-state index >= 15 is 0 Å². The van der Waals surface area contributed by atoms with Crippen LogP contribution in [0.15, 0.2) is 47.4 Å². The van der Waals surface area contributed by atoms with E-state index in [2.05, 4.69) is 10.0 Å². The van der Waals surface area contributed by atoms with E-state index < -0.39 is 10.0 Å². The Morgan fingerprint density at radius 3 is 2.35 bits per heavy atom. The van der Waals surface area contributed by atoms with Crippen LogP contribution in [0, 0.1) is 6.92 Å². The molecule has 6 nitrogen and oxygen atoms in total. The molecule has 0 aliphatic rings. The number of ether oxygens (including phenoxy) is 1. The molecule has 2 aromatic rings. The van der Waals surface area contributed by atoms with Gasteiger partial charge in [-0.2, -0.15) is 0 Å². The lowest BCUT2D eigenvalue weighted by molar-refractivity contribution is -0.114. The lowest BCUT2D eigenvalue weighted by Crippen LogP contribution is -2.28. The second-order valence-electron chi connectivity index (χ2n) is 6.04. The van der Waals surface area contributed by atoms with E-state index in [0.29, 0.717) is 12.1 Å². The van der Waals surface area contributed by atoms with Gasteiger partial charge >= 0.3 is 0 Å². The molecule has 2 rings (SSSR count). The summed E-state index contributed by atoms with van der Waals surface area (Å²) in [5, 5.41) is 2.61. The highest BCUT2D eigenvalue weighted by molar-refractivity contribution is 7.89. The molecule has 0 aliphatic carbocycles. The molecule has 0 spiro atoms. The highest BCUT2D eigenvalue weighted by Crippen LogP contribution is 2.29. The number of amides is 1. The standard InChI is InChI=1S/C19H24N2O4S/c1-5-17(15-8-6-13(2)7-9-15)21-26(23,24)16-10-11-18(20-14(3)22)19(12-16)25-4/h6-12,17,21H,5H2,1-4H3,(H,20,22)/t17-/m0/s1. The summed E-state index contributed by atoms with van der Waals surface area (Å²) in [5.41, 5.74) is 2.44. The van der Waals surface area contributed by atoms with Gasteiger partial charge in [0, 0.05) is 19.0 Å². The fraction of sp³-hybridized carbons (Fsp3) is 0.316. The molecule has 0 radical (unpaired) electrons. The van der Waals surface area contributed by atoms with Gasteiger partial charge in [-0.15, -0.1) is 0 Å². The van der Waals surface area contributed by atoms with Crippen molar-refractivity contribution in [3.05, 3.63) is 53.6 Å². The number of anilines is 1. The predicted molar refractivity (Wildman–Crippen MR) is 102 cm³/mol. The second kappa shape index (κ2) is 8.33. The Morgan fingerprint density at radius 1 is 1.15 bits per heavy atom. The molecule has 0 saturated carbocycles. The fourth-order valence-corrected chi connectivity index (χ4v) is 3.90. The zero-order valence-electron chi connectivity index (χ0n) is 15.4. The molecule has 0 bridgehead atoms. The SMILES string of the molecule is CC[C@H](NS(=O)(=O)c1ccc(NC(C)=O)c(OC)c1)c1ccc(C)cc1. The van der Waals surface area contributed by atoms with E-state index in [9.17, 15) is 13.2 Å². The highest BCUT2D eigenvalue weighted by atomic mass is 32.2. The van der Waals surface area contributed by atoms with Crippen LogP contribution in [0.4, 0.5) is 5.69 Å². The third kappa shape index (κ3) is 4.83. The van der Waals surface area contributed by atoms with Crippen LogP contribution in [0.25, 0.3) is 0 Å². The van der Waals surface area contributed by atoms with Crippen molar-refractivity contribution in [2.45, 2.75) is 38.1 Å². The summed E-state index contributed by atoms with van der Waals surface area (Å²) in [5.74, 6) is 0.0221. The largest absolute Gasteiger partial charge is 0.495 e. The lowest BCUT2D eigenvalue weighted by Gasteiger charge is -2.18. The Hall–Kier alpha value is -2.38. The smallest absolute Gasteiger partial charge is 0.241 e. The summed E-state index contributed by atoms with van der Waals surface area (Å²) in [6.07, 6.45) is 0.614. The normalized spacial score (nSPS) is 12.5. The molecular formula is C19H24N2O4S. The predicted octanol–water partition coefficient (Wildman–Crippen LogP) is 3.39. The van der Waals surface area contributed by atoms with Gasteiger partial charge in [-0.3, -0.25) is 4.79 Å². The molecule has 0 heterocycles. The van der Waals surface area contributed by atoms with E-state index in [1.54, 1.807) is 0 Å². The van der Waals surface area contributed by atoms with E-state index in [1.807, 2.05) is 38.1 Å². The van der Waals surface area contributed by atoms with Gasteiger partial charge in [-0.05, 0) is 31.0 Å². The first-order chi connectivity index (χ1) is 12.3. The Kier molecular flexibility index (Phi) is 6.39. The molecule has 7 heteroatoms. The summed E-state index contributed by atoms with van der Waals surface area (Å²) >= 11 is 0. The average molecular weight is 376 g/mol. The Balaban J connectivity index is 2.30. The third-order valence-corrected chi connectivity index (χ3v) is 5.45. The van der Waals surface area contributed by atoms with Crippen LogP contribution in [0.2, 0.25) is 0 Å². The van der Waals surface area contributed by atoms with Gasteiger partial charge in [0.15, 0.2) is 0 Å². The van der Waals surface area contributed by atoms with Crippen molar-refractivity contribution in [1.82, 2.24) is 4.72 Å². The van der Waals surface area contributed by atoms with Crippen molar-refractivity contribution in [3.8, 4) is 5.75 Å². The molecule has 0 saturated heterocycles. The zero-order valence-corrected chi connectivity index (χ0v) is 16.2. The number of sulfonamides is 1. The van der Waals surface area contributed by atoms with Crippen molar-refractivity contribution in [2.24, 2.45) is 0 Å². The molecule has 2 N–H and O–H groups in total. The number of rotatable bonds is 7. The number of methoxy groups -OCH3 is 1. The monoisotopic (exact) mass is 376 g/mol. The van der Waals surface area contributed by atoms with E-state index in [0.717, 1.165) is 11.1 Å². The van der Waals surface area contributed by atoms with Crippen molar-refractivity contribution in [2.75, 3.05) is 12.4 Å². The Morgan fingerprint density at radius 2 is 1.81 bits per heavy atom. The number of aryl methyl sites for hydroxylation is 1. The molecule has 1 atom stereocenters. The Labute approximate surface area is 154 Å². The van der Waals surface area contributed by atoms with Crippen LogP contribution < -0.4 is 14.8 Å². The maximum absolute atomic E-state index is 12.8. The van der Waals surface area contributed by atoms with Crippen molar-refractivity contribution >= 4 is 21.6 Å². The van der Waals surface area contributed by atoms with E-state index in [1.165, 1.54) is 32.2 Å². The summed E-state index contributed by atoms with van der Waals surface area (Å²) in [7, 11) is -2.33. The number of hydrogen-bond donors (Lipinski definition) is 2. The maximum atomic E-state index is 12.8. The molecule has 0 aliphatic heterocycles. The molecule has 0 aromatic heterocycles. The van der Waals surface area contributed by atoms with Crippen LogP contribution in [-0.2, 0) is 14.8 Å². The third-order valence-electron chi connectivity index (χ3n) is 3.98. The van der Waals surface area contributed by atoms with Crippen molar-refractivity contribution in [3.63, 3.8) is 0 Å². The minimum atomic E-state index is -3.75. The van der Waals surface area contributed by atoms with Crippen LogP contribution in [0.5, 0.6) is 5.75 Å². The van der Waals surface area contributed by atoms with Crippen LogP contribution in [-0.4, -0.2) is 21.4 Å².